The highest BCUT2D eigenvalue weighted by molar-refractivity contribution is 5.85. The molecule has 0 saturated heterocycles. The van der Waals surface area contributed by atoms with Gasteiger partial charge in [-0.25, -0.2) is 0 Å². The summed E-state index contributed by atoms with van der Waals surface area (Å²) in [5.74, 6) is 1.01. The maximum Gasteiger partial charge on any atom is 0.416 e. The van der Waals surface area contributed by atoms with Gasteiger partial charge in [-0.05, 0) is 36.2 Å². The molecule has 0 spiro atoms. The van der Waals surface area contributed by atoms with E-state index in [1.807, 2.05) is 34.9 Å². The van der Waals surface area contributed by atoms with Crippen molar-refractivity contribution < 1.29 is 17.6 Å². The van der Waals surface area contributed by atoms with Crippen LogP contribution in [0.2, 0.25) is 0 Å². The molecule has 0 bridgehead atoms. The molecule has 0 saturated carbocycles. The second-order valence-corrected chi connectivity index (χ2v) is 6.97. The van der Waals surface area contributed by atoms with Crippen molar-refractivity contribution in [1.29, 1.82) is 0 Å². The Hall–Kier alpha value is -3.09. The Kier molecular flexibility index (Phi) is 5.13. The molecule has 0 atom stereocenters. The van der Waals surface area contributed by atoms with Crippen molar-refractivity contribution in [3.63, 3.8) is 0 Å². The number of hydrogen-bond donors (Lipinski definition) is 0. The fourth-order valence-electron chi connectivity index (χ4n) is 3.33. The van der Waals surface area contributed by atoms with Gasteiger partial charge in [0, 0.05) is 23.9 Å². The van der Waals surface area contributed by atoms with Crippen molar-refractivity contribution >= 4 is 10.9 Å². The minimum absolute atomic E-state index is 0.396. The minimum Gasteiger partial charge on any atom is -0.419 e. The predicted octanol–water partition coefficient (Wildman–Crippen LogP) is 6.10. The third-order valence-electron chi connectivity index (χ3n) is 4.86. The van der Waals surface area contributed by atoms with Crippen LogP contribution in [-0.4, -0.2) is 14.8 Å². The summed E-state index contributed by atoms with van der Waals surface area (Å²) in [5.41, 5.74) is 1.81. The molecule has 0 aliphatic carbocycles. The van der Waals surface area contributed by atoms with Crippen LogP contribution in [0.3, 0.4) is 0 Å². The second kappa shape index (κ2) is 7.73. The number of para-hydroxylation sites is 1. The normalized spacial score (nSPS) is 12.0. The lowest BCUT2D eigenvalue weighted by atomic mass is 10.1. The highest BCUT2D eigenvalue weighted by atomic mass is 19.4. The summed E-state index contributed by atoms with van der Waals surface area (Å²) in [6, 6.07) is 15.0. The van der Waals surface area contributed by atoms with Crippen LogP contribution in [0.15, 0.2) is 59.0 Å². The Labute approximate surface area is 166 Å². The largest absolute Gasteiger partial charge is 0.419 e. The van der Waals surface area contributed by atoms with Gasteiger partial charge in [0.25, 0.3) is 5.89 Å². The molecule has 0 fully saturated rings. The molecule has 0 aliphatic rings. The fraction of sp³-hybridized carbons (Fsp3) is 0.273. The van der Waals surface area contributed by atoms with Crippen LogP contribution in [0.4, 0.5) is 13.2 Å². The molecule has 4 aromatic rings. The molecule has 2 aromatic heterocycles. The van der Waals surface area contributed by atoms with Crippen molar-refractivity contribution in [2.75, 3.05) is 0 Å². The van der Waals surface area contributed by atoms with Crippen LogP contribution in [0, 0.1) is 0 Å². The number of fused-ring (bicyclic) bond motifs is 1. The monoisotopic (exact) mass is 399 g/mol. The zero-order valence-corrected chi connectivity index (χ0v) is 15.9. The molecule has 0 amide bonds. The quantitative estimate of drug-likeness (QED) is 0.393. The molecular formula is C22H20F3N3O. The molecule has 7 heteroatoms. The first-order chi connectivity index (χ1) is 14.0. The first-order valence-electron chi connectivity index (χ1n) is 9.53. The zero-order valence-electron chi connectivity index (χ0n) is 15.9. The van der Waals surface area contributed by atoms with E-state index in [4.69, 9.17) is 4.42 Å². The van der Waals surface area contributed by atoms with Gasteiger partial charge in [0.2, 0.25) is 5.89 Å². The van der Waals surface area contributed by atoms with Crippen molar-refractivity contribution in [2.45, 2.75) is 38.9 Å². The number of rotatable bonds is 6. The lowest BCUT2D eigenvalue weighted by molar-refractivity contribution is -0.137. The highest BCUT2D eigenvalue weighted by Gasteiger charge is 2.30. The maximum atomic E-state index is 12.8. The Balaban J connectivity index is 1.71. The summed E-state index contributed by atoms with van der Waals surface area (Å²) in [5, 5.41) is 9.33. The van der Waals surface area contributed by atoms with Gasteiger partial charge in [-0.15, -0.1) is 10.2 Å². The first-order valence-corrected chi connectivity index (χ1v) is 9.53. The Morgan fingerprint density at radius 1 is 1.00 bits per heavy atom. The van der Waals surface area contributed by atoms with Crippen LogP contribution in [0.1, 0.15) is 36.8 Å². The lowest BCUT2D eigenvalue weighted by Gasteiger charge is -2.11. The van der Waals surface area contributed by atoms with E-state index in [-0.39, 0.29) is 0 Å². The van der Waals surface area contributed by atoms with Gasteiger partial charge in [0.15, 0.2) is 0 Å². The van der Waals surface area contributed by atoms with Crippen LogP contribution in [0.5, 0.6) is 0 Å². The number of nitrogens with zero attached hydrogens (tertiary/aromatic N) is 3. The Morgan fingerprint density at radius 2 is 1.76 bits per heavy atom. The number of unbranched alkanes of at least 4 members (excludes halogenated alkanes) is 1. The van der Waals surface area contributed by atoms with Crippen LogP contribution >= 0.6 is 0 Å². The topological polar surface area (TPSA) is 43.9 Å². The summed E-state index contributed by atoms with van der Waals surface area (Å²) in [4.78, 5) is 0. The number of halogens is 3. The van der Waals surface area contributed by atoms with E-state index in [1.165, 1.54) is 12.1 Å². The third kappa shape index (κ3) is 4.04. The molecule has 4 rings (SSSR count). The average molecular weight is 399 g/mol. The fourth-order valence-corrected chi connectivity index (χ4v) is 3.33. The molecule has 0 aliphatic heterocycles. The Bertz CT molecular complexity index is 1110. The van der Waals surface area contributed by atoms with Gasteiger partial charge >= 0.3 is 6.18 Å². The molecular weight excluding hydrogens is 379 g/mol. The van der Waals surface area contributed by atoms with Gasteiger partial charge in [0.1, 0.15) is 5.69 Å². The van der Waals surface area contributed by atoms with Crippen LogP contribution in [0.25, 0.3) is 22.5 Å². The number of hydrogen-bond acceptors (Lipinski definition) is 3. The summed E-state index contributed by atoms with van der Waals surface area (Å²) in [6.45, 7) is 2.49. The van der Waals surface area contributed by atoms with Crippen molar-refractivity contribution in [3.05, 3.63) is 71.6 Å². The van der Waals surface area contributed by atoms with Crippen molar-refractivity contribution in [2.24, 2.45) is 0 Å². The highest BCUT2D eigenvalue weighted by Crippen LogP contribution is 2.31. The average Bonchev–Trinajstić information content (AvgIpc) is 3.31. The van der Waals surface area contributed by atoms with Crippen molar-refractivity contribution in [3.8, 4) is 11.6 Å². The van der Waals surface area contributed by atoms with E-state index in [1.54, 1.807) is 0 Å². The second-order valence-electron chi connectivity index (χ2n) is 6.97. The van der Waals surface area contributed by atoms with E-state index in [2.05, 4.69) is 17.1 Å². The summed E-state index contributed by atoms with van der Waals surface area (Å²) in [6.07, 6.45) is -1.62. The van der Waals surface area contributed by atoms with E-state index in [0.717, 1.165) is 53.6 Å². The summed E-state index contributed by atoms with van der Waals surface area (Å²) in [7, 11) is 0. The van der Waals surface area contributed by atoms with Crippen LogP contribution < -0.4 is 0 Å². The van der Waals surface area contributed by atoms with E-state index in [0.29, 0.717) is 18.3 Å². The standard InChI is InChI=1S/C22H20F3N3O/c1-2-3-8-20-26-27-21(29-20)19-13-16-6-4-5-7-18(16)28(19)14-15-9-11-17(12-10-15)22(23,24)25/h4-7,9-13H,2-3,8,14H2,1H3. The van der Waals surface area contributed by atoms with Gasteiger partial charge in [-0.3, -0.25) is 0 Å². The van der Waals surface area contributed by atoms with Crippen LogP contribution in [-0.2, 0) is 19.1 Å². The first kappa shape index (κ1) is 19.2. The molecule has 29 heavy (non-hydrogen) atoms. The summed E-state index contributed by atoms with van der Waals surface area (Å²) >= 11 is 0. The maximum absolute atomic E-state index is 12.8. The molecule has 0 unspecified atom stereocenters. The third-order valence-corrected chi connectivity index (χ3v) is 4.86. The molecule has 150 valence electrons. The number of aromatic nitrogens is 3. The molecule has 2 aromatic carbocycles. The predicted molar refractivity (Wildman–Crippen MR) is 104 cm³/mol. The van der Waals surface area contributed by atoms with E-state index >= 15 is 0 Å². The number of aryl methyl sites for hydroxylation is 1. The van der Waals surface area contributed by atoms with Gasteiger partial charge < -0.3 is 8.98 Å². The SMILES string of the molecule is CCCCc1nnc(-c2cc3ccccc3n2Cc2ccc(C(F)(F)F)cc2)o1. The molecule has 2 heterocycles. The van der Waals surface area contributed by atoms with Gasteiger partial charge in [0.05, 0.1) is 5.56 Å². The molecule has 0 N–H and O–H groups in total. The summed E-state index contributed by atoms with van der Waals surface area (Å²) < 4.78 is 46.4. The molecule has 0 radical (unpaired) electrons. The number of alkyl halides is 3. The van der Waals surface area contributed by atoms with Gasteiger partial charge in [-0.2, -0.15) is 13.2 Å². The lowest BCUT2D eigenvalue weighted by Crippen LogP contribution is -2.06. The minimum atomic E-state index is -4.34. The van der Waals surface area contributed by atoms with Crippen molar-refractivity contribution in [1.82, 2.24) is 14.8 Å². The molecule has 4 nitrogen and oxygen atoms in total. The number of benzene rings is 2. The smallest absolute Gasteiger partial charge is 0.416 e. The van der Waals surface area contributed by atoms with E-state index in [9.17, 15) is 13.2 Å². The van der Waals surface area contributed by atoms with Gasteiger partial charge in [-0.1, -0.05) is 43.7 Å². The van der Waals surface area contributed by atoms with E-state index < -0.39 is 11.7 Å². The zero-order chi connectivity index (χ0) is 20.4. The Morgan fingerprint density at radius 3 is 2.48 bits per heavy atom.